The first kappa shape index (κ1) is 25.0. The van der Waals surface area contributed by atoms with Gasteiger partial charge in [-0.25, -0.2) is 0 Å². The Balaban J connectivity index is 1.65. The Morgan fingerprint density at radius 1 is 0.895 bits per heavy atom. The maximum atomic E-state index is 13.1. The van der Waals surface area contributed by atoms with Crippen molar-refractivity contribution < 1.29 is 23.0 Å². The third kappa shape index (κ3) is 4.84. The van der Waals surface area contributed by atoms with Crippen LogP contribution in [-0.4, -0.2) is 46.2 Å². The van der Waals surface area contributed by atoms with Crippen LogP contribution in [0.1, 0.15) is 17.0 Å². The van der Waals surface area contributed by atoms with Crippen molar-refractivity contribution in [2.45, 2.75) is 6.18 Å². The number of aromatic nitrogens is 3. The van der Waals surface area contributed by atoms with E-state index in [1.807, 2.05) is 35.2 Å². The number of allylic oxidation sites excluding steroid dienone is 1. The second-order valence-corrected chi connectivity index (χ2v) is 8.55. The molecule has 1 fully saturated rings. The molecule has 192 valence electrons. The molecule has 0 aliphatic carbocycles. The van der Waals surface area contributed by atoms with E-state index in [1.165, 1.54) is 12.1 Å². The van der Waals surface area contributed by atoms with E-state index in [0.717, 1.165) is 12.1 Å². The Morgan fingerprint density at radius 3 is 2.21 bits per heavy atom. The number of alkyl halides is 3. The number of nitriles is 1. The summed E-state index contributed by atoms with van der Waals surface area (Å²) in [5.41, 5.74) is 0.995. The van der Waals surface area contributed by atoms with Gasteiger partial charge < -0.3 is 14.7 Å². The van der Waals surface area contributed by atoms with Crippen molar-refractivity contribution in [1.82, 2.24) is 14.8 Å². The fourth-order valence-electron chi connectivity index (χ4n) is 4.34. The summed E-state index contributed by atoms with van der Waals surface area (Å²) in [4.78, 5) is 2.00. The highest BCUT2D eigenvalue weighted by atomic mass is 19.4. The zero-order valence-corrected chi connectivity index (χ0v) is 20.1. The minimum Gasteiger partial charge on any atom is -0.506 e. The molecule has 7 nitrogen and oxygen atoms in total. The van der Waals surface area contributed by atoms with Crippen molar-refractivity contribution in [2.24, 2.45) is 0 Å². The number of halogens is 3. The topological polar surface area (TPSA) is 87.2 Å². The quantitative estimate of drug-likeness (QED) is 0.268. The third-order valence-corrected chi connectivity index (χ3v) is 6.23. The summed E-state index contributed by atoms with van der Waals surface area (Å²) in [5, 5.41) is 30.2. The van der Waals surface area contributed by atoms with E-state index < -0.39 is 11.7 Å². The molecule has 1 aliphatic rings. The van der Waals surface area contributed by atoms with E-state index in [1.54, 1.807) is 28.8 Å². The van der Waals surface area contributed by atoms with Gasteiger partial charge in [-0.3, -0.25) is 4.57 Å². The zero-order chi connectivity index (χ0) is 26.7. The maximum Gasteiger partial charge on any atom is 0.416 e. The molecule has 1 saturated heterocycles. The van der Waals surface area contributed by atoms with Crippen LogP contribution in [0, 0.1) is 11.3 Å². The summed E-state index contributed by atoms with van der Waals surface area (Å²) in [5.74, 6) is 0.284. The minimum absolute atomic E-state index is 0.125. The first-order valence-corrected chi connectivity index (χ1v) is 11.8. The van der Waals surface area contributed by atoms with Crippen LogP contribution in [0.2, 0.25) is 0 Å². The predicted molar refractivity (Wildman–Crippen MR) is 136 cm³/mol. The molecule has 38 heavy (non-hydrogen) atoms. The number of rotatable bonds is 5. The fraction of sp³-hybridized carbons (Fsp3) is 0.179. The van der Waals surface area contributed by atoms with Crippen LogP contribution < -0.4 is 4.90 Å². The van der Waals surface area contributed by atoms with Gasteiger partial charge in [0.1, 0.15) is 17.4 Å². The Kier molecular flexibility index (Phi) is 6.85. The average Bonchev–Trinajstić information content (AvgIpc) is 3.39. The molecular weight excluding hydrogens is 495 g/mol. The van der Waals surface area contributed by atoms with E-state index in [4.69, 9.17) is 4.74 Å². The highest BCUT2D eigenvalue weighted by Crippen LogP contribution is 2.35. The Hall–Kier alpha value is -4.62. The second kappa shape index (κ2) is 10.4. The first-order chi connectivity index (χ1) is 18.4. The summed E-state index contributed by atoms with van der Waals surface area (Å²) in [6.07, 6.45) is -4.46. The van der Waals surface area contributed by atoms with Crippen molar-refractivity contribution in [1.29, 1.82) is 5.26 Å². The monoisotopic (exact) mass is 517 g/mol. The average molecular weight is 518 g/mol. The molecule has 0 radical (unpaired) electrons. The molecule has 4 aromatic rings. The maximum absolute atomic E-state index is 13.1. The van der Waals surface area contributed by atoms with Crippen LogP contribution in [-0.2, 0) is 10.9 Å². The van der Waals surface area contributed by atoms with E-state index in [0.29, 0.717) is 49.1 Å². The van der Waals surface area contributed by atoms with Gasteiger partial charge in [-0.2, -0.15) is 18.4 Å². The molecule has 2 heterocycles. The van der Waals surface area contributed by atoms with Gasteiger partial charge in [-0.15, -0.1) is 10.2 Å². The van der Waals surface area contributed by atoms with Crippen LogP contribution in [0.3, 0.4) is 0 Å². The molecule has 5 rings (SSSR count). The fourth-order valence-corrected chi connectivity index (χ4v) is 4.34. The molecule has 0 atom stereocenters. The molecule has 0 bridgehead atoms. The van der Waals surface area contributed by atoms with E-state index in [2.05, 4.69) is 16.3 Å². The van der Waals surface area contributed by atoms with E-state index in [9.17, 15) is 23.5 Å². The van der Waals surface area contributed by atoms with Gasteiger partial charge in [-0.05, 0) is 35.4 Å². The SMILES string of the molecule is N#C/C(=C(/O)c1ccccc1-c1ccc(C(F)(F)F)cc1)c1nnc(N2CCOCC2)n1-c1ccccc1. The standard InChI is InChI=1S/C28H22F3N5O2/c29-28(30,31)20-12-10-19(11-13-20)22-8-4-5-9-23(22)25(37)24(18-32)26-33-34-27(35-14-16-38-17-15-35)36(26)21-6-2-1-3-7-21/h1-13,37H,14-17H2/b25-24-. The smallest absolute Gasteiger partial charge is 0.416 e. The predicted octanol–water partition coefficient (Wildman–Crippen LogP) is 5.74. The van der Waals surface area contributed by atoms with E-state index in [-0.39, 0.29) is 22.7 Å². The Morgan fingerprint density at radius 2 is 1.55 bits per heavy atom. The number of morpholine rings is 1. The minimum atomic E-state index is -4.46. The lowest BCUT2D eigenvalue weighted by Gasteiger charge is -2.28. The van der Waals surface area contributed by atoms with Crippen molar-refractivity contribution in [3.63, 3.8) is 0 Å². The number of benzene rings is 3. The Bertz CT molecular complexity index is 1500. The highest BCUT2D eigenvalue weighted by molar-refractivity contribution is 5.96. The Labute approximate surface area is 216 Å². The number of aliphatic hydroxyl groups is 1. The van der Waals surface area contributed by atoms with Gasteiger partial charge in [-0.1, -0.05) is 54.6 Å². The number of hydrogen-bond acceptors (Lipinski definition) is 6. The summed E-state index contributed by atoms with van der Waals surface area (Å²) < 4.78 is 46.4. The van der Waals surface area contributed by atoms with Crippen molar-refractivity contribution in [3.8, 4) is 22.9 Å². The van der Waals surface area contributed by atoms with Gasteiger partial charge in [0, 0.05) is 18.7 Å². The molecule has 0 spiro atoms. The summed E-state index contributed by atoms with van der Waals surface area (Å²) in [7, 11) is 0. The molecule has 0 unspecified atom stereocenters. The second-order valence-electron chi connectivity index (χ2n) is 8.55. The molecule has 1 aromatic heterocycles. The molecule has 1 N–H and O–H groups in total. The summed E-state index contributed by atoms with van der Waals surface area (Å²) >= 11 is 0. The molecular formula is C28H22F3N5O2. The third-order valence-electron chi connectivity index (χ3n) is 6.23. The van der Waals surface area contributed by atoms with E-state index >= 15 is 0 Å². The molecule has 3 aromatic carbocycles. The largest absolute Gasteiger partial charge is 0.506 e. The lowest BCUT2D eigenvalue weighted by atomic mass is 9.96. The van der Waals surface area contributed by atoms with Gasteiger partial charge >= 0.3 is 6.18 Å². The number of ether oxygens (including phenoxy) is 1. The molecule has 0 saturated carbocycles. The normalized spacial score (nSPS) is 14.6. The van der Waals surface area contributed by atoms with Gasteiger partial charge in [0.15, 0.2) is 5.82 Å². The van der Waals surface area contributed by atoms with Crippen LogP contribution in [0.25, 0.3) is 28.1 Å². The number of hydrogen-bond donors (Lipinski definition) is 1. The number of nitrogens with zero attached hydrogens (tertiary/aromatic N) is 5. The number of anilines is 1. The van der Waals surface area contributed by atoms with Crippen molar-refractivity contribution >= 4 is 17.3 Å². The van der Waals surface area contributed by atoms with Gasteiger partial charge in [0.25, 0.3) is 0 Å². The highest BCUT2D eigenvalue weighted by Gasteiger charge is 2.30. The molecule has 1 aliphatic heterocycles. The lowest BCUT2D eigenvalue weighted by Crippen LogP contribution is -2.38. The summed E-state index contributed by atoms with van der Waals surface area (Å²) in [6.45, 7) is 2.20. The molecule has 0 amide bonds. The zero-order valence-electron chi connectivity index (χ0n) is 20.1. The first-order valence-electron chi connectivity index (χ1n) is 11.8. The van der Waals surface area contributed by atoms with Gasteiger partial charge in [0.2, 0.25) is 5.95 Å². The van der Waals surface area contributed by atoms with Gasteiger partial charge in [0.05, 0.1) is 24.5 Å². The summed E-state index contributed by atoms with van der Waals surface area (Å²) in [6, 6.07) is 22.6. The van der Waals surface area contributed by atoms with Crippen LogP contribution in [0.15, 0.2) is 78.9 Å². The number of para-hydroxylation sites is 1. The van der Waals surface area contributed by atoms with Crippen LogP contribution in [0.4, 0.5) is 19.1 Å². The number of aliphatic hydroxyl groups excluding tert-OH is 1. The molecule has 10 heteroatoms. The lowest BCUT2D eigenvalue weighted by molar-refractivity contribution is -0.137. The van der Waals surface area contributed by atoms with Crippen molar-refractivity contribution in [3.05, 3.63) is 95.8 Å². The van der Waals surface area contributed by atoms with Crippen LogP contribution in [0.5, 0.6) is 0 Å². The van der Waals surface area contributed by atoms with Crippen molar-refractivity contribution in [2.75, 3.05) is 31.2 Å². The van der Waals surface area contributed by atoms with Crippen LogP contribution >= 0.6 is 0 Å².